The van der Waals surface area contributed by atoms with E-state index < -0.39 is 0 Å². The van der Waals surface area contributed by atoms with E-state index in [1.165, 1.54) is 111 Å². The van der Waals surface area contributed by atoms with Crippen LogP contribution in [0.25, 0.3) is 71.6 Å². The highest BCUT2D eigenvalue weighted by atomic mass is 15.1. The van der Waals surface area contributed by atoms with E-state index in [-0.39, 0.29) is 10.8 Å². The summed E-state index contributed by atoms with van der Waals surface area (Å²) in [6.45, 7) is 11.7. The third-order valence-electron chi connectivity index (χ3n) is 14.0. The molecule has 2 aliphatic rings. The lowest BCUT2D eigenvalue weighted by Crippen LogP contribution is -2.18. The second-order valence-electron chi connectivity index (χ2n) is 18.3. The first-order chi connectivity index (χ1) is 29.7. The fourth-order valence-corrected chi connectivity index (χ4v) is 10.8. The van der Waals surface area contributed by atoms with Gasteiger partial charge in [0.15, 0.2) is 0 Å². The van der Waals surface area contributed by atoms with E-state index in [1.54, 1.807) is 0 Å². The highest BCUT2D eigenvalue weighted by molar-refractivity contribution is 6.11. The van der Waals surface area contributed by atoms with Crippen LogP contribution in [0.4, 0.5) is 17.1 Å². The van der Waals surface area contributed by atoms with Gasteiger partial charge in [0.25, 0.3) is 0 Å². The van der Waals surface area contributed by atoms with Gasteiger partial charge in [0.2, 0.25) is 0 Å². The summed E-state index contributed by atoms with van der Waals surface area (Å²) in [5, 5.41) is 5.04. The van der Waals surface area contributed by atoms with Crippen LogP contribution in [0.2, 0.25) is 0 Å². The molecule has 0 fully saturated rings. The zero-order valence-corrected chi connectivity index (χ0v) is 35.3. The molecule has 1 heterocycles. The molecular formula is C59H46N2. The number of rotatable bonds is 5. The second kappa shape index (κ2) is 12.9. The smallest absolute Gasteiger partial charge is 0.0541 e. The Morgan fingerprint density at radius 1 is 0.377 bits per heavy atom. The van der Waals surface area contributed by atoms with Crippen LogP contribution in [0.15, 0.2) is 188 Å². The van der Waals surface area contributed by atoms with Crippen molar-refractivity contribution in [3.05, 3.63) is 216 Å². The lowest BCUT2D eigenvalue weighted by molar-refractivity contribution is 0.660. The molecule has 0 saturated carbocycles. The summed E-state index contributed by atoms with van der Waals surface area (Å²) in [6.07, 6.45) is 0. The maximum atomic E-state index is 2.46. The summed E-state index contributed by atoms with van der Waals surface area (Å²) in [4.78, 5) is 2.45. The fourth-order valence-electron chi connectivity index (χ4n) is 10.8. The Hall–Kier alpha value is -7.16. The average molecular weight is 783 g/mol. The number of hydrogen-bond acceptors (Lipinski definition) is 1. The summed E-state index contributed by atoms with van der Waals surface area (Å²) < 4.78 is 2.44. The van der Waals surface area contributed by atoms with Crippen LogP contribution >= 0.6 is 0 Å². The molecule has 2 nitrogen and oxygen atoms in total. The molecule has 0 bridgehead atoms. The number of aryl methyl sites for hydroxylation is 1. The quantitative estimate of drug-likeness (QED) is 0.169. The zero-order valence-electron chi connectivity index (χ0n) is 35.3. The Balaban J connectivity index is 0.952. The van der Waals surface area contributed by atoms with E-state index in [2.05, 4.69) is 232 Å². The Kier molecular flexibility index (Phi) is 7.57. The van der Waals surface area contributed by atoms with Crippen molar-refractivity contribution >= 4 is 49.6 Å². The summed E-state index contributed by atoms with van der Waals surface area (Å²) in [7, 11) is 0. The van der Waals surface area contributed by atoms with Crippen molar-refractivity contribution in [2.24, 2.45) is 0 Å². The summed E-state index contributed by atoms with van der Waals surface area (Å²) in [6, 6.07) is 70.5. The molecule has 2 heteroatoms. The first-order valence-electron chi connectivity index (χ1n) is 21.6. The predicted molar refractivity (Wildman–Crippen MR) is 258 cm³/mol. The molecule has 2 aliphatic carbocycles. The molecule has 0 saturated heterocycles. The van der Waals surface area contributed by atoms with Gasteiger partial charge in [-0.3, -0.25) is 0 Å². The van der Waals surface area contributed by atoms with Crippen molar-refractivity contribution in [3.8, 4) is 39.1 Å². The van der Waals surface area contributed by atoms with Crippen LogP contribution in [-0.2, 0) is 10.8 Å². The molecule has 0 spiro atoms. The van der Waals surface area contributed by atoms with Crippen molar-refractivity contribution in [1.82, 2.24) is 4.57 Å². The minimum Gasteiger partial charge on any atom is -0.310 e. The van der Waals surface area contributed by atoms with E-state index in [1.807, 2.05) is 0 Å². The molecule has 292 valence electrons. The number of hydrogen-bond donors (Lipinski definition) is 0. The molecule has 0 aliphatic heterocycles. The molecule has 0 unspecified atom stereocenters. The first-order valence-corrected chi connectivity index (χ1v) is 21.6. The maximum Gasteiger partial charge on any atom is 0.0541 e. The van der Waals surface area contributed by atoms with Gasteiger partial charge in [-0.2, -0.15) is 0 Å². The zero-order chi connectivity index (χ0) is 41.2. The monoisotopic (exact) mass is 782 g/mol. The van der Waals surface area contributed by atoms with Crippen LogP contribution in [-0.4, -0.2) is 4.57 Å². The van der Waals surface area contributed by atoms with Crippen LogP contribution < -0.4 is 4.90 Å². The first kappa shape index (κ1) is 35.8. The Bertz CT molecular complexity index is 3430. The van der Waals surface area contributed by atoms with E-state index in [4.69, 9.17) is 0 Å². The fraction of sp³-hybridized carbons (Fsp3) is 0.119. The van der Waals surface area contributed by atoms with E-state index in [0.717, 1.165) is 5.69 Å². The standard InChI is InChI=1S/C59H46N2/c1-37-21-25-41(26-22-37)60(42-27-30-47-45-16-8-10-18-51(45)58(2,3)53(47)35-42)43-28-31-48-46-29-23-40(34-52(46)59(4,5)54(48)36-43)39-24-32-57-50(33-39)49-17-9-11-19-56(49)61(57)55-20-12-14-38-13-6-7-15-44(38)55/h6-36H,1-5H3. The number of nitrogens with zero attached hydrogens (tertiary/aromatic N) is 2. The van der Waals surface area contributed by atoms with Crippen LogP contribution in [0, 0.1) is 6.92 Å². The molecule has 0 radical (unpaired) electrons. The van der Waals surface area contributed by atoms with Crippen molar-refractivity contribution in [2.75, 3.05) is 4.90 Å². The molecule has 9 aromatic carbocycles. The van der Waals surface area contributed by atoms with Gasteiger partial charge in [-0.1, -0.05) is 155 Å². The van der Waals surface area contributed by atoms with Gasteiger partial charge >= 0.3 is 0 Å². The molecule has 10 aromatic rings. The van der Waals surface area contributed by atoms with E-state index >= 15 is 0 Å². The number of fused-ring (bicyclic) bond motifs is 10. The van der Waals surface area contributed by atoms with Gasteiger partial charge in [0, 0.05) is 44.1 Å². The maximum absolute atomic E-state index is 2.46. The molecular weight excluding hydrogens is 737 g/mol. The third kappa shape index (κ3) is 5.21. The van der Waals surface area contributed by atoms with Crippen molar-refractivity contribution < 1.29 is 0 Å². The minimum atomic E-state index is -0.203. The van der Waals surface area contributed by atoms with E-state index in [0.29, 0.717) is 0 Å². The molecule has 12 rings (SSSR count). The number of aromatic nitrogens is 1. The topological polar surface area (TPSA) is 8.17 Å². The second-order valence-corrected chi connectivity index (χ2v) is 18.3. The Morgan fingerprint density at radius 2 is 0.902 bits per heavy atom. The SMILES string of the molecule is Cc1ccc(N(c2ccc3c(c2)C(C)(C)c2ccccc2-3)c2ccc3c(c2)C(C)(C)c2cc(-c4ccc5c(c4)c4ccccc4n5-c4cccc5ccccc45)ccc2-3)cc1. The predicted octanol–water partition coefficient (Wildman–Crippen LogP) is 16.0. The average Bonchev–Trinajstić information content (AvgIpc) is 3.83. The molecule has 61 heavy (non-hydrogen) atoms. The highest BCUT2D eigenvalue weighted by Gasteiger charge is 2.38. The van der Waals surface area contributed by atoms with Gasteiger partial charge in [-0.25, -0.2) is 0 Å². The summed E-state index contributed by atoms with van der Waals surface area (Å²) in [5.74, 6) is 0. The summed E-state index contributed by atoms with van der Waals surface area (Å²) >= 11 is 0. The van der Waals surface area contributed by atoms with E-state index in [9.17, 15) is 0 Å². The third-order valence-corrected chi connectivity index (χ3v) is 14.0. The van der Waals surface area contributed by atoms with Crippen LogP contribution in [0.3, 0.4) is 0 Å². The van der Waals surface area contributed by atoms with Gasteiger partial charge in [0.1, 0.15) is 0 Å². The van der Waals surface area contributed by atoms with Crippen LogP contribution in [0.5, 0.6) is 0 Å². The molecule has 0 N–H and O–H groups in total. The number of benzene rings is 9. The highest BCUT2D eigenvalue weighted by Crippen LogP contribution is 2.54. The normalized spacial score (nSPS) is 14.2. The lowest BCUT2D eigenvalue weighted by atomic mass is 9.81. The van der Waals surface area contributed by atoms with Gasteiger partial charge in [-0.15, -0.1) is 0 Å². The summed E-state index contributed by atoms with van der Waals surface area (Å²) in [5.41, 5.74) is 21.4. The largest absolute Gasteiger partial charge is 0.310 e. The van der Waals surface area contributed by atoms with Crippen molar-refractivity contribution in [2.45, 2.75) is 45.4 Å². The van der Waals surface area contributed by atoms with Gasteiger partial charge in [-0.05, 0) is 135 Å². The van der Waals surface area contributed by atoms with Crippen LogP contribution in [0.1, 0.15) is 55.5 Å². The lowest BCUT2D eigenvalue weighted by Gasteiger charge is -2.30. The Labute approximate surface area is 358 Å². The van der Waals surface area contributed by atoms with Crippen molar-refractivity contribution in [3.63, 3.8) is 0 Å². The minimum absolute atomic E-state index is 0.0848. The number of anilines is 3. The molecule has 1 aromatic heterocycles. The molecule has 0 atom stereocenters. The van der Waals surface area contributed by atoms with Gasteiger partial charge < -0.3 is 9.47 Å². The number of para-hydroxylation sites is 1. The van der Waals surface area contributed by atoms with Gasteiger partial charge in [0.05, 0.1) is 16.7 Å². The van der Waals surface area contributed by atoms with Crippen molar-refractivity contribution in [1.29, 1.82) is 0 Å². The Morgan fingerprint density at radius 3 is 1.66 bits per heavy atom. The molecule has 0 amide bonds.